The van der Waals surface area contributed by atoms with E-state index in [9.17, 15) is 18.4 Å². The molecule has 2 aromatic carbocycles. The smallest absolute Gasteiger partial charge is 0.410 e. The van der Waals surface area contributed by atoms with Gasteiger partial charge in [-0.2, -0.15) is 0 Å². The number of carbonyl (C=O) groups excluding carboxylic acids is 2. The van der Waals surface area contributed by atoms with Crippen LogP contribution in [0.25, 0.3) is 0 Å². The molecule has 0 aliphatic carbocycles. The Morgan fingerprint density at radius 3 is 2.58 bits per heavy atom. The zero-order valence-corrected chi connectivity index (χ0v) is 20.7. The number of hydrogen-bond donors (Lipinski definition) is 2. The number of halogens is 3. The molecule has 10 heteroatoms. The van der Waals surface area contributed by atoms with Crippen molar-refractivity contribution in [3.05, 3.63) is 51.1 Å². The van der Waals surface area contributed by atoms with Crippen LogP contribution in [-0.2, 0) is 4.74 Å². The summed E-state index contributed by atoms with van der Waals surface area (Å²) in [6, 6.07) is 6.58. The Morgan fingerprint density at radius 2 is 1.94 bits per heavy atom. The molecular weight excluding hydrogens is 547 g/mol. The second-order valence-electron chi connectivity index (χ2n) is 8.83. The van der Waals surface area contributed by atoms with Gasteiger partial charge in [-0.25, -0.2) is 13.6 Å². The SMILES string of the molecule is CC(C)(C)OC(=O)N1CCC(COc2cc(F)cc(Nc3ccc(I)cc3F)c2C(N)=O)C1. The number of amides is 2. The molecule has 3 rings (SSSR count). The highest BCUT2D eigenvalue weighted by atomic mass is 127. The van der Waals surface area contributed by atoms with E-state index in [1.54, 1.807) is 31.7 Å². The Bertz CT molecular complexity index is 1060. The van der Waals surface area contributed by atoms with Crippen LogP contribution in [0.1, 0.15) is 37.6 Å². The Labute approximate surface area is 204 Å². The van der Waals surface area contributed by atoms with Crippen LogP contribution >= 0.6 is 22.6 Å². The maximum absolute atomic E-state index is 14.3. The molecule has 1 aliphatic rings. The molecule has 0 spiro atoms. The minimum atomic E-state index is -0.847. The van der Waals surface area contributed by atoms with Gasteiger partial charge < -0.3 is 25.4 Å². The predicted molar refractivity (Wildman–Crippen MR) is 129 cm³/mol. The van der Waals surface area contributed by atoms with Gasteiger partial charge >= 0.3 is 6.09 Å². The number of benzene rings is 2. The molecule has 0 radical (unpaired) electrons. The van der Waals surface area contributed by atoms with E-state index in [1.165, 1.54) is 12.1 Å². The van der Waals surface area contributed by atoms with E-state index in [4.69, 9.17) is 15.2 Å². The van der Waals surface area contributed by atoms with Crippen LogP contribution in [0.2, 0.25) is 0 Å². The molecule has 1 saturated heterocycles. The summed E-state index contributed by atoms with van der Waals surface area (Å²) in [5, 5.41) is 2.73. The first-order valence-electron chi connectivity index (χ1n) is 10.4. The number of carbonyl (C=O) groups is 2. The maximum atomic E-state index is 14.3. The molecule has 1 fully saturated rings. The van der Waals surface area contributed by atoms with Crippen LogP contribution < -0.4 is 15.8 Å². The van der Waals surface area contributed by atoms with Gasteiger partial charge in [0.15, 0.2) is 0 Å². The van der Waals surface area contributed by atoms with Crippen molar-refractivity contribution in [3.63, 3.8) is 0 Å². The number of nitrogens with two attached hydrogens (primary N) is 1. The van der Waals surface area contributed by atoms with E-state index in [1.807, 2.05) is 22.6 Å². The van der Waals surface area contributed by atoms with Crippen LogP contribution in [0, 0.1) is 21.1 Å². The molecule has 1 heterocycles. The first-order valence-corrected chi connectivity index (χ1v) is 11.5. The molecule has 7 nitrogen and oxygen atoms in total. The largest absolute Gasteiger partial charge is 0.492 e. The molecule has 0 bridgehead atoms. The van der Waals surface area contributed by atoms with Crippen LogP contribution in [0.4, 0.5) is 25.0 Å². The van der Waals surface area contributed by atoms with Crippen molar-refractivity contribution in [2.45, 2.75) is 32.8 Å². The molecule has 178 valence electrons. The predicted octanol–water partition coefficient (Wildman–Crippen LogP) is 5.05. The van der Waals surface area contributed by atoms with Crippen LogP contribution in [-0.4, -0.2) is 42.2 Å². The van der Waals surface area contributed by atoms with Gasteiger partial charge in [0.1, 0.15) is 28.5 Å². The highest BCUT2D eigenvalue weighted by Crippen LogP contribution is 2.32. The van der Waals surface area contributed by atoms with Gasteiger partial charge in [0.2, 0.25) is 0 Å². The van der Waals surface area contributed by atoms with Crippen molar-refractivity contribution in [2.75, 3.05) is 25.0 Å². The van der Waals surface area contributed by atoms with Crippen molar-refractivity contribution >= 4 is 46.0 Å². The second-order valence-corrected chi connectivity index (χ2v) is 10.1. The Balaban J connectivity index is 1.74. The minimum Gasteiger partial charge on any atom is -0.492 e. The molecule has 1 unspecified atom stereocenters. The van der Waals surface area contributed by atoms with Crippen LogP contribution in [0.5, 0.6) is 5.75 Å². The lowest BCUT2D eigenvalue weighted by Crippen LogP contribution is -2.35. The third kappa shape index (κ3) is 6.68. The zero-order chi connectivity index (χ0) is 24.3. The average Bonchev–Trinajstić information content (AvgIpc) is 3.16. The van der Waals surface area contributed by atoms with Crippen molar-refractivity contribution in [2.24, 2.45) is 11.7 Å². The number of nitrogens with one attached hydrogen (secondary N) is 1. The van der Waals surface area contributed by atoms with E-state index in [0.717, 1.165) is 12.1 Å². The summed E-state index contributed by atoms with van der Waals surface area (Å²) in [7, 11) is 0. The Kier molecular flexibility index (Phi) is 7.65. The van der Waals surface area contributed by atoms with Gasteiger partial charge in [0.25, 0.3) is 5.91 Å². The summed E-state index contributed by atoms with van der Waals surface area (Å²) < 4.78 is 40.4. The maximum Gasteiger partial charge on any atom is 0.410 e. The fourth-order valence-electron chi connectivity index (χ4n) is 3.45. The van der Waals surface area contributed by atoms with Crippen LogP contribution in [0.15, 0.2) is 30.3 Å². The lowest BCUT2D eigenvalue weighted by molar-refractivity contribution is 0.0284. The quantitative estimate of drug-likeness (QED) is 0.472. The molecule has 33 heavy (non-hydrogen) atoms. The van der Waals surface area contributed by atoms with E-state index < -0.39 is 29.2 Å². The highest BCUT2D eigenvalue weighted by molar-refractivity contribution is 14.1. The number of rotatable bonds is 6. The Morgan fingerprint density at radius 1 is 1.21 bits per heavy atom. The van der Waals surface area contributed by atoms with Gasteiger partial charge in [0, 0.05) is 28.6 Å². The molecule has 2 amide bonds. The van der Waals surface area contributed by atoms with Gasteiger partial charge in [-0.3, -0.25) is 4.79 Å². The first kappa shape index (κ1) is 25.0. The number of ether oxygens (including phenoxy) is 2. The van der Waals surface area contributed by atoms with Crippen molar-refractivity contribution < 1.29 is 27.8 Å². The molecular formula is C23H26F2IN3O4. The van der Waals surface area contributed by atoms with Crippen molar-refractivity contribution in [3.8, 4) is 5.75 Å². The van der Waals surface area contributed by atoms with Gasteiger partial charge in [0.05, 0.1) is 18.0 Å². The van der Waals surface area contributed by atoms with E-state index >= 15 is 0 Å². The van der Waals surface area contributed by atoms with Crippen molar-refractivity contribution in [1.29, 1.82) is 0 Å². The van der Waals surface area contributed by atoms with E-state index in [-0.39, 0.29) is 35.2 Å². The molecule has 0 aromatic heterocycles. The van der Waals surface area contributed by atoms with Gasteiger partial charge in [-0.1, -0.05) is 0 Å². The highest BCUT2D eigenvalue weighted by Gasteiger charge is 2.30. The molecule has 1 aliphatic heterocycles. The summed E-state index contributed by atoms with van der Waals surface area (Å²) in [4.78, 5) is 26.0. The number of anilines is 2. The van der Waals surface area contributed by atoms with Gasteiger partial charge in [-0.05, 0) is 74.0 Å². The number of nitrogens with zero attached hydrogens (tertiary/aromatic N) is 1. The summed E-state index contributed by atoms with van der Waals surface area (Å²) >= 11 is 1.97. The number of primary amides is 1. The lowest BCUT2D eigenvalue weighted by Gasteiger charge is -2.24. The average molecular weight is 573 g/mol. The fraction of sp³-hybridized carbons (Fsp3) is 0.391. The topological polar surface area (TPSA) is 93.9 Å². The summed E-state index contributed by atoms with van der Waals surface area (Å²) in [5.74, 6) is -2.17. The summed E-state index contributed by atoms with van der Waals surface area (Å²) in [6.45, 7) is 6.45. The summed E-state index contributed by atoms with van der Waals surface area (Å²) in [5.41, 5.74) is 4.93. The standard InChI is InChI=1S/C23H26F2IN3O4/c1-23(2,3)33-22(31)29-7-6-13(11-29)12-32-19-9-14(24)8-18(20(19)21(27)30)28-17-5-4-15(26)10-16(17)25/h4-5,8-10,13,28H,6-7,11-12H2,1-3H3,(H2,27,30). The molecule has 2 aromatic rings. The zero-order valence-electron chi connectivity index (χ0n) is 18.6. The normalized spacial score (nSPS) is 15.9. The monoisotopic (exact) mass is 573 g/mol. The number of hydrogen-bond acceptors (Lipinski definition) is 5. The molecule has 0 saturated carbocycles. The van der Waals surface area contributed by atoms with E-state index in [2.05, 4.69) is 5.32 Å². The lowest BCUT2D eigenvalue weighted by atomic mass is 10.1. The van der Waals surface area contributed by atoms with Crippen molar-refractivity contribution in [1.82, 2.24) is 4.90 Å². The van der Waals surface area contributed by atoms with Gasteiger partial charge in [-0.15, -0.1) is 0 Å². The Hall–Kier alpha value is -2.63. The third-order valence-electron chi connectivity index (χ3n) is 4.93. The van der Waals surface area contributed by atoms with Crippen LogP contribution in [0.3, 0.4) is 0 Å². The second kappa shape index (κ2) is 10.1. The summed E-state index contributed by atoms with van der Waals surface area (Å²) in [6.07, 6.45) is 0.263. The van der Waals surface area contributed by atoms with E-state index in [0.29, 0.717) is 23.1 Å². The molecule has 1 atom stereocenters. The minimum absolute atomic E-state index is 0.000545. The fourth-order valence-corrected chi connectivity index (χ4v) is 3.91. The number of likely N-dealkylation sites (tertiary alicyclic amines) is 1. The third-order valence-corrected chi connectivity index (χ3v) is 5.60. The first-order chi connectivity index (χ1) is 15.4. The molecule has 3 N–H and O–H groups in total.